The Bertz CT molecular complexity index is 5810. The Hall–Kier alpha value is -10.7. The van der Waals surface area contributed by atoms with Crippen LogP contribution in [0.15, 0.2) is 180 Å². The number of fused-ring (bicyclic) bond motifs is 12. The number of hydrogen-bond donors (Lipinski definition) is 0. The maximum Gasteiger partial charge on any atom is 0.270 e. The van der Waals surface area contributed by atoms with E-state index < -0.39 is 10.8 Å². The number of thiophene rings is 4. The number of rotatable bonds is 38. The molecular weight excluding hydrogens is 1560 g/mol. The number of ether oxygens (including phenoxy) is 2. The zero-order valence-corrected chi connectivity index (χ0v) is 74.5. The third kappa shape index (κ3) is 16.1. The summed E-state index contributed by atoms with van der Waals surface area (Å²) in [5.41, 5.74) is 15.1. The number of nitriles is 2. The molecule has 0 N–H and O–H groups in total. The van der Waals surface area contributed by atoms with Crippen LogP contribution < -0.4 is 9.47 Å². The van der Waals surface area contributed by atoms with Gasteiger partial charge < -0.3 is 9.47 Å². The van der Waals surface area contributed by atoms with E-state index in [0.717, 1.165) is 247 Å². The molecule has 121 heavy (non-hydrogen) atoms. The van der Waals surface area contributed by atoms with Crippen molar-refractivity contribution in [3.8, 4) is 55.5 Å². The summed E-state index contributed by atoms with van der Waals surface area (Å²) in [5, 5.41) is 23.4. The number of hydrogen-bond acceptors (Lipinski definition) is 10. The van der Waals surface area contributed by atoms with Gasteiger partial charge in [-0.3, -0.25) is 9.59 Å². The minimum absolute atomic E-state index is 0. The number of allylic oxidation sites excluding steroid dienone is 6. The molecule has 0 amide bonds. The lowest BCUT2D eigenvalue weighted by atomic mass is 9.66. The molecule has 4 aromatic heterocycles. The minimum Gasteiger partial charge on any atom is -0.491 e. The Morgan fingerprint density at radius 1 is 0.446 bits per heavy atom. The number of terminal acetylenes is 1. The van der Waals surface area contributed by atoms with Gasteiger partial charge in [-0.25, -0.2) is 20.2 Å². The first kappa shape index (κ1) is 85.3. The van der Waals surface area contributed by atoms with Gasteiger partial charge in [0.1, 0.15) is 18.1 Å². The van der Waals surface area contributed by atoms with Crippen LogP contribution in [0.25, 0.3) is 72.7 Å². The molecule has 8 nitrogen and oxygen atoms in total. The summed E-state index contributed by atoms with van der Waals surface area (Å²) in [6, 6.07) is 61.7. The van der Waals surface area contributed by atoms with Crippen LogP contribution in [-0.4, -0.2) is 24.8 Å². The molecule has 0 spiro atoms. The second-order valence-electron chi connectivity index (χ2n) is 33.6. The van der Waals surface area contributed by atoms with Gasteiger partial charge in [-0.15, -0.1) is 51.8 Å². The maximum atomic E-state index is 15.1. The van der Waals surface area contributed by atoms with Gasteiger partial charge in [0.2, 0.25) is 0 Å². The van der Waals surface area contributed by atoms with Crippen molar-refractivity contribution in [1.29, 1.82) is 10.5 Å². The highest BCUT2D eigenvalue weighted by Crippen LogP contribution is 2.71. The second kappa shape index (κ2) is 38.6. The van der Waals surface area contributed by atoms with E-state index in [1.807, 2.05) is 48.6 Å². The highest BCUT2D eigenvalue weighted by Gasteiger charge is 2.55. The van der Waals surface area contributed by atoms with E-state index in [1.165, 1.54) is 47.9 Å². The van der Waals surface area contributed by atoms with Crippen molar-refractivity contribution in [3.63, 3.8) is 0 Å². The van der Waals surface area contributed by atoms with Crippen molar-refractivity contribution in [3.05, 3.63) is 302 Å². The average Bonchev–Trinajstić information content (AvgIpc) is 1.49. The largest absolute Gasteiger partial charge is 0.491 e. The molecule has 0 fully saturated rings. The summed E-state index contributed by atoms with van der Waals surface area (Å²) in [7, 11) is 0. The molecule has 7 aromatic carbocycles. The van der Waals surface area contributed by atoms with Gasteiger partial charge >= 0.3 is 0 Å². The smallest absolute Gasteiger partial charge is 0.270 e. The molecule has 4 heterocycles. The van der Waals surface area contributed by atoms with Crippen molar-refractivity contribution < 1.29 is 21.9 Å². The second-order valence-corrected chi connectivity index (χ2v) is 37.8. The molecule has 4 aliphatic carbocycles. The molecule has 15 rings (SSSR count). The highest BCUT2D eigenvalue weighted by atomic mass is 32.1. The van der Waals surface area contributed by atoms with Crippen LogP contribution in [0.5, 0.6) is 11.5 Å². The van der Waals surface area contributed by atoms with Crippen LogP contribution in [0.2, 0.25) is 0 Å². The molecule has 0 bridgehead atoms. The number of unbranched alkanes of at least 4 members (excludes halogenated alkanes) is 14. The number of carbonyl (C=O) groups excluding carboxylic acids is 2. The Morgan fingerprint density at radius 3 is 1.12 bits per heavy atom. The molecule has 2 unspecified atom stereocenters. The fraction of sp³-hybridized carbons (Fsp3) is 0.358. The highest BCUT2D eigenvalue weighted by molar-refractivity contribution is 7.29. The van der Waals surface area contributed by atoms with Crippen molar-refractivity contribution in [2.75, 3.05) is 13.2 Å². The summed E-state index contributed by atoms with van der Waals surface area (Å²) in [6.45, 7) is 33.3. The maximum absolute atomic E-state index is 15.1. The van der Waals surface area contributed by atoms with E-state index >= 15 is 9.59 Å². The van der Waals surface area contributed by atoms with Gasteiger partial charge in [-0.2, -0.15) is 0 Å². The van der Waals surface area contributed by atoms with Crippen LogP contribution in [0.4, 0.5) is 0 Å². The van der Waals surface area contributed by atoms with Crippen LogP contribution >= 0.6 is 45.3 Å². The molecule has 12 heteroatoms. The monoisotopic (exact) mass is 1670 g/mol. The molecule has 4 aliphatic rings. The number of nitrogens with zero attached hydrogens (tertiary/aromatic N) is 4. The van der Waals surface area contributed by atoms with Gasteiger partial charge in [-0.05, 0) is 161 Å². The van der Waals surface area contributed by atoms with Crippen molar-refractivity contribution >= 4 is 100 Å². The lowest BCUT2D eigenvalue weighted by Crippen LogP contribution is -2.29. The van der Waals surface area contributed by atoms with Gasteiger partial charge in [0, 0.05) is 67.9 Å². The fourth-order valence-corrected chi connectivity index (χ4v) is 24.5. The number of carbonyl (C=O) groups is 2. The minimum atomic E-state index is -1.04. The third-order valence-electron chi connectivity index (χ3n) is 25.5. The van der Waals surface area contributed by atoms with E-state index in [0.29, 0.717) is 51.2 Å². The number of Topliss-reactive ketones (excluding diaryl/α,β-unsaturated/α-hetero) is 2. The first-order chi connectivity index (χ1) is 59.3. The van der Waals surface area contributed by atoms with E-state index in [1.54, 1.807) is 57.5 Å². The summed E-state index contributed by atoms with van der Waals surface area (Å²) < 4.78 is 18.1. The molecule has 0 saturated carbocycles. The van der Waals surface area contributed by atoms with E-state index in [4.69, 9.17) is 29.0 Å². The molecule has 0 aliphatic heterocycles. The summed E-state index contributed by atoms with van der Waals surface area (Å²) in [4.78, 5) is 43.8. The first-order valence-electron chi connectivity index (χ1n) is 44.6. The van der Waals surface area contributed by atoms with E-state index in [-0.39, 0.29) is 44.3 Å². The Kier molecular flexibility index (Phi) is 27.2. The molecular formula is C109H112N4O4S4. The molecule has 2 atom stereocenters. The number of ketones is 2. The SMILES string of the molecule is [C-]#[N+]/C(C#N)=C1\C(=C\c2cc3c(s2)-c2sc4c(OCC(C#C)CCCC)c5c6c(sc5c(OCC(C)CCCC)c4c2C3(c2ccc(CCCCCC)cc2)c2ccc(CCCCCC)cc2)-c2sc(/C=C3\C(=O)c4ccccc4\C3=C(\C#N)[N+]#[C-])cc2C6(c2ccc(CCCCCC)cc2)c2ccc(CCCCCC)cc2)C(=O)c2ccccc21.[HH].[HH]. The van der Waals surface area contributed by atoms with Crippen LogP contribution in [0, 0.1) is 60.0 Å². The zero-order valence-electron chi connectivity index (χ0n) is 71.3. The first-order valence-corrected chi connectivity index (χ1v) is 47.8. The summed E-state index contributed by atoms with van der Waals surface area (Å²) in [5.74, 6) is 4.31. The van der Waals surface area contributed by atoms with E-state index in [2.05, 4.69) is 185 Å². The molecule has 11 aromatic rings. The fourth-order valence-electron chi connectivity index (χ4n) is 19.2. The van der Waals surface area contributed by atoms with Crippen molar-refractivity contribution in [2.45, 2.75) is 226 Å². The average molecular weight is 1670 g/mol. The standard InChI is InChI=1S/C109H108N4O4S4.2H2/c1-11-18-24-28-38-72-46-54-76(55-47-72)108(77-56-48-73(49-57-77)39-29-25-19-12-2)88-64-80(62-86-92(90(66-110)112-9)82-42-32-34-44-84(82)98(86)114)118-102(88)106-96(108)94-100(116-68-70(8)36-22-15-5)104-95(101(105(94)121-106)117-69-71(17-7)37-23-16-6)97-107(120-104)103-89(65-81(119-103)63-87-93(91(67-111)113-10)83-43-33-35-45-85(83)99(87)115)109(97,78-58-50-74(51-59-78)40-30-26-20-13-3)79-60-52-75(53-61-79)41-31-27-21-14-4;;/h7,32-35,42-65,70-71H,11-16,18-31,36-41,68-69H2,1-6,8H3;2*1H/b86-62-,87-63-,92-90-,93-91+;;. The molecule has 616 valence electrons. The topological polar surface area (TPSA) is 109 Å². The van der Waals surface area contributed by atoms with Gasteiger partial charge in [0.15, 0.2) is 11.6 Å². The van der Waals surface area contributed by atoms with Gasteiger partial charge in [-0.1, -0.05) is 303 Å². The Balaban J connectivity index is 0.00000651. The van der Waals surface area contributed by atoms with E-state index in [9.17, 15) is 10.5 Å². The molecule has 0 saturated heterocycles. The Labute approximate surface area is 736 Å². The summed E-state index contributed by atoms with van der Waals surface area (Å²) in [6.07, 6.45) is 38.6. The summed E-state index contributed by atoms with van der Waals surface area (Å²) >= 11 is 6.85. The molecule has 0 radical (unpaired) electrons. The van der Waals surface area contributed by atoms with Gasteiger partial charge in [0.05, 0.1) is 77.5 Å². The van der Waals surface area contributed by atoms with Crippen molar-refractivity contribution in [1.82, 2.24) is 0 Å². The van der Waals surface area contributed by atoms with Crippen LogP contribution in [-0.2, 0) is 36.5 Å². The number of benzene rings is 7. The van der Waals surface area contributed by atoms with Crippen molar-refractivity contribution in [2.24, 2.45) is 11.8 Å². The predicted octanol–water partition coefficient (Wildman–Crippen LogP) is 30.8. The lowest BCUT2D eigenvalue weighted by Gasteiger charge is -2.35. The van der Waals surface area contributed by atoms with Crippen LogP contribution in [0.3, 0.4) is 0 Å². The zero-order chi connectivity index (χ0) is 84.3. The Morgan fingerprint density at radius 2 is 0.785 bits per heavy atom. The number of aryl methyl sites for hydroxylation is 4. The van der Waals surface area contributed by atoms with Crippen LogP contribution in [0.1, 0.15) is 301 Å². The normalized spacial score (nSPS) is 15.8. The third-order valence-corrected chi connectivity index (χ3v) is 30.4. The quantitative estimate of drug-likeness (QED) is 0.0125. The van der Waals surface area contributed by atoms with Gasteiger partial charge in [0.25, 0.3) is 11.4 Å². The predicted molar refractivity (Wildman–Crippen MR) is 510 cm³/mol. The lowest BCUT2D eigenvalue weighted by molar-refractivity contribution is 0.103.